The van der Waals surface area contributed by atoms with Crippen LogP contribution in [-0.4, -0.2) is 64.4 Å². The van der Waals surface area contributed by atoms with Crippen molar-refractivity contribution in [3.8, 4) is 0 Å². The maximum absolute atomic E-state index is 13.2. The second kappa shape index (κ2) is 9.07. The van der Waals surface area contributed by atoms with E-state index in [0.29, 0.717) is 17.4 Å². The summed E-state index contributed by atoms with van der Waals surface area (Å²) in [6.07, 6.45) is 0. The zero-order valence-electron chi connectivity index (χ0n) is 17.6. The van der Waals surface area contributed by atoms with Gasteiger partial charge < -0.3 is 15.0 Å². The highest BCUT2D eigenvalue weighted by Gasteiger charge is 2.34. The molecule has 0 spiro atoms. The van der Waals surface area contributed by atoms with Crippen molar-refractivity contribution in [3.05, 3.63) is 53.6 Å². The normalized spacial score (nSPS) is 17.8. The molecule has 1 aliphatic heterocycles. The molecule has 1 aromatic heterocycles. The van der Waals surface area contributed by atoms with Crippen molar-refractivity contribution in [3.63, 3.8) is 0 Å². The minimum Gasteiger partial charge on any atom is -0.465 e. The molecule has 1 saturated heterocycles. The van der Waals surface area contributed by atoms with Gasteiger partial charge in [0.05, 0.1) is 21.4 Å². The third kappa shape index (κ3) is 4.51. The summed E-state index contributed by atoms with van der Waals surface area (Å²) in [5.74, 6) is -0.511. The molecule has 0 bridgehead atoms. The minimum absolute atomic E-state index is 0.00408. The second-order valence-electron chi connectivity index (χ2n) is 7.44. The molecule has 1 fully saturated rings. The van der Waals surface area contributed by atoms with Crippen LogP contribution in [0.4, 0.5) is 0 Å². The standard InChI is InChI=1S/C21H22ClN3O6S2/c1-2-31-21(26)18-13-25(10-9-23-18)33(29,30)20-12-14-11-15(7-8-17(14)24-20)32(27,28)19-6-4-3-5-16(19)22/h3-8,11-12,18,23-24H,2,9-10,13H2,1H3. The van der Waals surface area contributed by atoms with Crippen molar-refractivity contribution >= 4 is 48.3 Å². The molecule has 1 unspecified atom stereocenters. The Labute approximate surface area is 196 Å². The minimum atomic E-state index is -3.95. The van der Waals surface area contributed by atoms with Gasteiger partial charge in [0, 0.05) is 30.5 Å². The third-order valence-electron chi connectivity index (χ3n) is 5.33. The van der Waals surface area contributed by atoms with Gasteiger partial charge in [0.15, 0.2) is 0 Å². The molecule has 2 N–H and O–H groups in total. The number of aromatic amines is 1. The first kappa shape index (κ1) is 23.7. The number of benzene rings is 2. The summed E-state index contributed by atoms with van der Waals surface area (Å²) in [5, 5.41) is 3.39. The lowest BCUT2D eigenvalue weighted by Crippen LogP contribution is -2.56. The second-order valence-corrected chi connectivity index (χ2v) is 11.7. The summed E-state index contributed by atoms with van der Waals surface area (Å²) in [6.45, 7) is 2.29. The van der Waals surface area contributed by atoms with Gasteiger partial charge in [0.1, 0.15) is 11.1 Å². The summed E-state index contributed by atoms with van der Waals surface area (Å²) >= 11 is 6.07. The Morgan fingerprint density at radius 3 is 2.64 bits per heavy atom. The van der Waals surface area contributed by atoms with E-state index in [1.54, 1.807) is 19.1 Å². The molecule has 3 aromatic rings. The number of hydrogen-bond acceptors (Lipinski definition) is 7. The fourth-order valence-electron chi connectivity index (χ4n) is 3.66. The molecule has 2 aromatic carbocycles. The van der Waals surface area contributed by atoms with Crippen molar-refractivity contribution in [1.82, 2.24) is 14.6 Å². The third-order valence-corrected chi connectivity index (χ3v) is 9.37. The highest BCUT2D eigenvalue weighted by molar-refractivity contribution is 7.91. The molecule has 0 saturated carbocycles. The summed E-state index contributed by atoms with van der Waals surface area (Å²) in [5.41, 5.74) is 0.462. The molecular weight excluding hydrogens is 490 g/mol. The number of fused-ring (bicyclic) bond motifs is 1. The van der Waals surface area contributed by atoms with Crippen molar-refractivity contribution in [2.45, 2.75) is 27.8 Å². The average molecular weight is 512 g/mol. The van der Waals surface area contributed by atoms with Crippen molar-refractivity contribution in [2.24, 2.45) is 0 Å². The maximum Gasteiger partial charge on any atom is 0.324 e. The number of carbonyl (C=O) groups excluding carboxylic acids is 1. The molecule has 0 amide bonds. The molecule has 1 aliphatic rings. The number of nitrogens with zero attached hydrogens (tertiary/aromatic N) is 1. The molecule has 12 heteroatoms. The van der Waals surface area contributed by atoms with E-state index < -0.39 is 31.9 Å². The SMILES string of the molecule is CCOC(=O)C1CN(S(=O)(=O)c2cc3cc(S(=O)(=O)c4ccccc4Cl)ccc3[nH]2)CCN1. The van der Waals surface area contributed by atoms with Gasteiger partial charge in [0.25, 0.3) is 10.0 Å². The van der Waals surface area contributed by atoms with Gasteiger partial charge in [-0.2, -0.15) is 4.31 Å². The van der Waals surface area contributed by atoms with Crippen LogP contribution in [0.2, 0.25) is 5.02 Å². The molecule has 2 heterocycles. The van der Waals surface area contributed by atoms with Gasteiger partial charge in [-0.25, -0.2) is 16.8 Å². The number of halogens is 1. The molecule has 0 radical (unpaired) electrons. The van der Waals surface area contributed by atoms with Crippen LogP contribution in [0, 0.1) is 0 Å². The summed E-state index contributed by atoms with van der Waals surface area (Å²) < 4.78 is 58.7. The smallest absolute Gasteiger partial charge is 0.324 e. The van der Waals surface area contributed by atoms with E-state index in [1.165, 1.54) is 40.7 Å². The zero-order valence-corrected chi connectivity index (χ0v) is 20.0. The quantitative estimate of drug-likeness (QED) is 0.486. The number of aromatic nitrogens is 1. The first-order valence-corrected chi connectivity index (χ1v) is 13.5. The van der Waals surface area contributed by atoms with E-state index in [1.807, 2.05) is 0 Å². The molecule has 33 heavy (non-hydrogen) atoms. The van der Waals surface area contributed by atoms with Gasteiger partial charge in [-0.1, -0.05) is 23.7 Å². The van der Waals surface area contributed by atoms with Crippen LogP contribution in [0.15, 0.2) is 63.3 Å². The number of carbonyl (C=O) groups is 1. The summed E-state index contributed by atoms with van der Waals surface area (Å²) in [4.78, 5) is 14.9. The largest absolute Gasteiger partial charge is 0.465 e. The summed E-state index contributed by atoms with van der Waals surface area (Å²) in [6, 6.07) is 11.1. The number of rotatable bonds is 6. The molecule has 4 rings (SSSR count). The molecule has 176 valence electrons. The first-order valence-electron chi connectivity index (χ1n) is 10.2. The maximum atomic E-state index is 13.2. The molecular formula is C21H22ClN3O6S2. The predicted octanol–water partition coefficient (Wildman–Crippen LogP) is 2.18. The monoisotopic (exact) mass is 511 g/mol. The predicted molar refractivity (Wildman–Crippen MR) is 122 cm³/mol. The van der Waals surface area contributed by atoms with Gasteiger partial charge in [0.2, 0.25) is 9.84 Å². The average Bonchev–Trinajstić information content (AvgIpc) is 3.24. The lowest BCUT2D eigenvalue weighted by Gasteiger charge is -2.31. The number of nitrogens with one attached hydrogen (secondary N) is 2. The Morgan fingerprint density at radius 1 is 1.15 bits per heavy atom. The fourth-order valence-corrected chi connectivity index (χ4v) is 6.94. The lowest BCUT2D eigenvalue weighted by atomic mass is 10.2. The van der Waals surface area contributed by atoms with Crippen LogP contribution >= 0.6 is 11.6 Å². The Balaban J connectivity index is 1.66. The molecule has 0 aliphatic carbocycles. The van der Waals surface area contributed by atoms with E-state index in [-0.39, 0.29) is 39.5 Å². The fraction of sp³-hybridized carbons (Fsp3) is 0.286. The number of H-pyrrole nitrogens is 1. The van der Waals surface area contributed by atoms with Gasteiger partial charge in [-0.3, -0.25) is 4.79 Å². The molecule has 9 nitrogen and oxygen atoms in total. The lowest BCUT2D eigenvalue weighted by molar-refractivity contribution is -0.146. The Hall–Kier alpha value is -2.44. The van der Waals surface area contributed by atoms with Crippen LogP contribution in [-0.2, 0) is 29.4 Å². The van der Waals surface area contributed by atoms with Crippen molar-refractivity contribution < 1.29 is 26.4 Å². The van der Waals surface area contributed by atoms with Gasteiger partial charge in [-0.15, -0.1) is 0 Å². The van der Waals surface area contributed by atoms with Crippen LogP contribution in [0.1, 0.15) is 6.92 Å². The molecule has 1 atom stereocenters. The number of sulfonamides is 1. The van der Waals surface area contributed by atoms with Crippen LogP contribution in [0.25, 0.3) is 10.9 Å². The van der Waals surface area contributed by atoms with E-state index in [4.69, 9.17) is 16.3 Å². The van der Waals surface area contributed by atoms with E-state index in [9.17, 15) is 21.6 Å². The van der Waals surface area contributed by atoms with E-state index in [2.05, 4.69) is 10.3 Å². The number of hydrogen-bond donors (Lipinski definition) is 2. The first-order chi connectivity index (χ1) is 15.6. The Kier molecular flexibility index (Phi) is 6.52. The van der Waals surface area contributed by atoms with Crippen molar-refractivity contribution in [2.75, 3.05) is 26.2 Å². The Bertz CT molecular complexity index is 1420. The number of esters is 1. The van der Waals surface area contributed by atoms with Crippen molar-refractivity contribution in [1.29, 1.82) is 0 Å². The topological polar surface area (TPSA) is 126 Å². The number of sulfone groups is 1. The highest BCUT2D eigenvalue weighted by Crippen LogP contribution is 2.30. The van der Waals surface area contributed by atoms with Gasteiger partial charge in [-0.05, 0) is 43.3 Å². The van der Waals surface area contributed by atoms with Crippen LogP contribution in [0.5, 0.6) is 0 Å². The highest BCUT2D eigenvalue weighted by atomic mass is 35.5. The van der Waals surface area contributed by atoms with Gasteiger partial charge >= 0.3 is 5.97 Å². The van der Waals surface area contributed by atoms with E-state index >= 15 is 0 Å². The zero-order chi connectivity index (χ0) is 23.8. The van der Waals surface area contributed by atoms with Crippen LogP contribution in [0.3, 0.4) is 0 Å². The number of ether oxygens (including phenoxy) is 1. The Morgan fingerprint density at radius 2 is 1.91 bits per heavy atom. The summed E-state index contributed by atoms with van der Waals surface area (Å²) in [7, 11) is -7.85. The van der Waals surface area contributed by atoms with E-state index in [0.717, 1.165) is 0 Å². The number of piperazine rings is 1. The van der Waals surface area contributed by atoms with Crippen LogP contribution < -0.4 is 5.32 Å².